The third-order valence-electron chi connectivity index (χ3n) is 5.68. The lowest BCUT2D eigenvalue weighted by molar-refractivity contribution is -0.114. The Bertz CT molecular complexity index is 978. The van der Waals surface area contributed by atoms with E-state index >= 15 is 0 Å². The van der Waals surface area contributed by atoms with Crippen LogP contribution in [-0.2, 0) is 9.59 Å². The lowest BCUT2D eigenvalue weighted by Crippen LogP contribution is -2.30. The molecular weight excluding hydrogens is 508 g/mol. The number of carbonyl (C=O) groups excluding carboxylic acids is 2. The maximum absolute atomic E-state index is 13.6. The van der Waals surface area contributed by atoms with E-state index < -0.39 is 0 Å². The van der Waals surface area contributed by atoms with Gasteiger partial charge >= 0.3 is 0 Å². The van der Waals surface area contributed by atoms with Crippen LogP contribution in [0.25, 0.3) is 11.1 Å². The number of benzene rings is 2. The number of hydrogen-bond acceptors (Lipinski definition) is 2. The van der Waals surface area contributed by atoms with Crippen molar-refractivity contribution in [3.63, 3.8) is 0 Å². The maximum Gasteiger partial charge on any atom is 0.259 e. The molecule has 0 saturated carbocycles. The number of rotatable bonds is 6. The van der Waals surface area contributed by atoms with E-state index in [0.717, 1.165) is 57.1 Å². The highest BCUT2D eigenvalue weighted by Gasteiger charge is 2.41. The second-order valence-corrected chi connectivity index (χ2v) is 9.52. The number of nitrogens with zero attached hydrogens (tertiary/aromatic N) is 2. The molecule has 0 unspecified atom stereocenters. The predicted molar refractivity (Wildman–Crippen MR) is 130 cm³/mol. The van der Waals surface area contributed by atoms with Crippen molar-refractivity contribution >= 4 is 66.2 Å². The van der Waals surface area contributed by atoms with Gasteiger partial charge in [-0.2, -0.15) is 0 Å². The first kappa shape index (κ1) is 21.3. The first-order chi connectivity index (χ1) is 14.5. The molecule has 2 aliphatic heterocycles. The summed E-state index contributed by atoms with van der Waals surface area (Å²) in [5.74, 6) is -0.155. The van der Waals surface area contributed by atoms with E-state index in [0.29, 0.717) is 24.2 Å². The molecule has 0 fully saturated rings. The van der Waals surface area contributed by atoms with Gasteiger partial charge in [0.05, 0.1) is 22.5 Å². The fraction of sp³-hybridized carbons (Fsp3) is 0.333. The molecule has 156 valence electrons. The van der Waals surface area contributed by atoms with Gasteiger partial charge in [-0.25, -0.2) is 0 Å². The molecule has 2 amide bonds. The number of anilines is 2. The van der Waals surface area contributed by atoms with Gasteiger partial charge in [0.1, 0.15) is 0 Å². The average molecular weight is 532 g/mol. The second-order valence-electron chi connectivity index (χ2n) is 7.69. The van der Waals surface area contributed by atoms with Crippen LogP contribution < -0.4 is 9.80 Å². The van der Waals surface area contributed by atoms with Crippen LogP contribution in [0.4, 0.5) is 11.4 Å². The lowest BCUT2D eigenvalue weighted by Gasteiger charge is -2.17. The molecule has 0 spiro atoms. The van der Waals surface area contributed by atoms with Crippen molar-refractivity contribution < 1.29 is 9.59 Å². The Morgan fingerprint density at radius 1 is 0.700 bits per heavy atom. The van der Waals surface area contributed by atoms with Gasteiger partial charge in [0.25, 0.3) is 11.8 Å². The molecule has 0 radical (unpaired) electrons. The van der Waals surface area contributed by atoms with Crippen LogP contribution in [0.2, 0.25) is 0 Å². The quantitative estimate of drug-likeness (QED) is 0.404. The van der Waals surface area contributed by atoms with E-state index in [1.165, 1.54) is 0 Å². The van der Waals surface area contributed by atoms with Crippen molar-refractivity contribution in [2.45, 2.75) is 39.5 Å². The van der Waals surface area contributed by atoms with E-state index in [2.05, 4.69) is 45.7 Å². The van der Waals surface area contributed by atoms with Crippen molar-refractivity contribution in [1.82, 2.24) is 0 Å². The number of halogens is 2. The first-order valence-electron chi connectivity index (χ1n) is 10.5. The Balaban J connectivity index is 1.92. The van der Waals surface area contributed by atoms with Crippen LogP contribution in [-0.4, -0.2) is 24.9 Å². The van der Waals surface area contributed by atoms with Crippen molar-refractivity contribution in [3.8, 4) is 0 Å². The minimum absolute atomic E-state index is 0.0777. The number of hydrogen-bond donors (Lipinski definition) is 0. The smallest absolute Gasteiger partial charge is 0.259 e. The highest BCUT2D eigenvalue weighted by atomic mass is 79.9. The molecule has 0 bridgehead atoms. The number of unbranched alkanes of at least 4 members (excludes halogenated alkanes) is 2. The molecule has 2 aliphatic rings. The summed E-state index contributed by atoms with van der Waals surface area (Å²) < 4.78 is 1.85. The molecule has 0 aromatic heterocycles. The first-order valence-corrected chi connectivity index (χ1v) is 12.0. The Morgan fingerprint density at radius 3 is 1.47 bits per heavy atom. The van der Waals surface area contributed by atoms with Gasteiger partial charge in [0, 0.05) is 33.2 Å². The summed E-state index contributed by atoms with van der Waals surface area (Å²) in [6.07, 6.45) is 3.83. The van der Waals surface area contributed by atoms with Gasteiger partial charge in [-0.1, -0.05) is 70.7 Å². The molecule has 2 aromatic carbocycles. The van der Waals surface area contributed by atoms with Crippen molar-refractivity contribution in [2.75, 3.05) is 22.9 Å². The van der Waals surface area contributed by atoms with Crippen LogP contribution in [0.15, 0.2) is 45.3 Å². The molecule has 4 nitrogen and oxygen atoms in total. The summed E-state index contributed by atoms with van der Waals surface area (Å²) >= 11 is 7.07. The average Bonchev–Trinajstić information content (AvgIpc) is 3.14. The molecule has 6 heteroatoms. The fourth-order valence-corrected chi connectivity index (χ4v) is 4.86. The van der Waals surface area contributed by atoms with E-state index in [9.17, 15) is 9.59 Å². The van der Waals surface area contributed by atoms with Gasteiger partial charge in [-0.05, 0) is 37.1 Å². The largest absolute Gasteiger partial charge is 0.308 e. The Morgan fingerprint density at radius 2 is 1.10 bits per heavy atom. The van der Waals surface area contributed by atoms with E-state index in [4.69, 9.17) is 0 Å². The summed E-state index contributed by atoms with van der Waals surface area (Å²) in [4.78, 5) is 30.8. The van der Waals surface area contributed by atoms with Crippen molar-refractivity contribution in [2.24, 2.45) is 0 Å². The monoisotopic (exact) mass is 530 g/mol. The summed E-state index contributed by atoms with van der Waals surface area (Å²) in [7, 11) is 0. The third kappa shape index (κ3) is 3.54. The molecule has 4 rings (SSSR count). The number of amides is 2. The van der Waals surface area contributed by atoms with Crippen LogP contribution in [0.5, 0.6) is 0 Å². The van der Waals surface area contributed by atoms with Gasteiger partial charge in [-0.15, -0.1) is 0 Å². The summed E-state index contributed by atoms with van der Waals surface area (Å²) in [6.45, 7) is 5.52. The molecular formula is C24H24Br2N2O2. The Labute approximate surface area is 194 Å². The highest BCUT2D eigenvalue weighted by molar-refractivity contribution is 9.10. The summed E-state index contributed by atoms with van der Waals surface area (Å²) in [6, 6.07) is 11.7. The zero-order chi connectivity index (χ0) is 21.4. The lowest BCUT2D eigenvalue weighted by atomic mass is 9.96. The molecule has 0 N–H and O–H groups in total. The molecule has 0 aliphatic carbocycles. The maximum atomic E-state index is 13.6. The molecule has 2 heterocycles. The van der Waals surface area contributed by atoms with Crippen molar-refractivity contribution in [1.29, 1.82) is 0 Å². The van der Waals surface area contributed by atoms with Crippen LogP contribution in [0, 0.1) is 0 Å². The van der Waals surface area contributed by atoms with E-state index in [1.54, 1.807) is 0 Å². The van der Waals surface area contributed by atoms with Crippen LogP contribution in [0.3, 0.4) is 0 Å². The standard InChI is InChI=1S/C24H24Br2N2O2/c1-3-5-11-27-19-13-15(25)7-9-17(19)21(23(27)29)22-18-10-8-16(26)14-20(18)28(24(22)30)12-6-4-2/h7-10,13-14H,3-6,11-12H2,1-2H3/b22-21+. The minimum atomic E-state index is -0.0777. The van der Waals surface area contributed by atoms with Gasteiger partial charge in [-0.3, -0.25) is 9.59 Å². The molecule has 0 saturated heterocycles. The van der Waals surface area contributed by atoms with E-state index in [1.807, 2.05) is 46.2 Å². The Hall–Kier alpha value is -1.92. The summed E-state index contributed by atoms with van der Waals surface area (Å²) in [5.41, 5.74) is 4.50. The SMILES string of the molecule is CCCCN1C(=O)/C(=C2/C(=O)N(CCCC)c3cc(Br)ccc32)c2ccc(Br)cc21. The van der Waals surface area contributed by atoms with Gasteiger partial charge in [0.15, 0.2) is 0 Å². The van der Waals surface area contributed by atoms with E-state index in [-0.39, 0.29) is 11.8 Å². The number of carbonyl (C=O) groups is 2. The normalized spacial score (nSPS) is 17.7. The number of fused-ring (bicyclic) bond motifs is 2. The highest BCUT2D eigenvalue weighted by Crippen LogP contribution is 2.47. The van der Waals surface area contributed by atoms with Crippen molar-refractivity contribution in [3.05, 3.63) is 56.5 Å². The summed E-state index contributed by atoms with van der Waals surface area (Å²) in [5, 5.41) is 0. The topological polar surface area (TPSA) is 40.6 Å². The predicted octanol–water partition coefficient (Wildman–Crippen LogP) is 6.42. The van der Waals surface area contributed by atoms with Gasteiger partial charge in [0.2, 0.25) is 0 Å². The Kier molecular flexibility index (Phi) is 6.16. The zero-order valence-corrected chi connectivity index (χ0v) is 20.3. The van der Waals surface area contributed by atoms with Crippen LogP contribution >= 0.6 is 31.9 Å². The molecule has 0 atom stereocenters. The molecule has 30 heavy (non-hydrogen) atoms. The van der Waals surface area contributed by atoms with Crippen LogP contribution in [0.1, 0.15) is 50.7 Å². The van der Waals surface area contributed by atoms with Gasteiger partial charge < -0.3 is 9.80 Å². The fourth-order valence-electron chi connectivity index (χ4n) is 4.16. The zero-order valence-electron chi connectivity index (χ0n) is 17.2. The third-order valence-corrected chi connectivity index (χ3v) is 6.66. The second kappa shape index (κ2) is 8.67. The minimum Gasteiger partial charge on any atom is -0.308 e. The molecule has 2 aromatic rings.